The lowest BCUT2D eigenvalue weighted by Gasteiger charge is -2.42. The van der Waals surface area contributed by atoms with Gasteiger partial charge in [0.2, 0.25) is 11.4 Å². The van der Waals surface area contributed by atoms with Gasteiger partial charge in [-0.1, -0.05) is 12.2 Å². The Bertz CT molecular complexity index is 1010. The number of carbonyl (C=O) groups is 3. The number of rotatable bonds is 10. The molecule has 0 radical (unpaired) electrons. The Labute approximate surface area is 206 Å². The standard InChI is InChI=1S/C25H34N6O4/c1-4-10-26-18-7-8-21(27-11-5-2)28-23(18)29-13-15-30(16-14-29)24(34)25-19(32)17-22(33)31(25)12-9-20(25)35-6-3/h4-5,7-8,20,26H,1-2,6,9-17H2,3H3,(H,27,28). The van der Waals surface area contributed by atoms with Gasteiger partial charge in [0.15, 0.2) is 11.6 Å². The minimum Gasteiger partial charge on any atom is -0.379 e. The number of ketones is 1. The second-order valence-electron chi connectivity index (χ2n) is 8.83. The molecule has 3 saturated heterocycles. The smallest absolute Gasteiger partial charge is 0.259 e. The Hall–Kier alpha value is -3.40. The predicted molar refractivity (Wildman–Crippen MR) is 135 cm³/mol. The van der Waals surface area contributed by atoms with Crippen LogP contribution in [0.3, 0.4) is 0 Å². The fourth-order valence-electron chi connectivity index (χ4n) is 5.25. The summed E-state index contributed by atoms with van der Waals surface area (Å²) in [7, 11) is 0. The van der Waals surface area contributed by atoms with Crippen molar-refractivity contribution in [2.24, 2.45) is 0 Å². The van der Waals surface area contributed by atoms with Crippen LogP contribution in [-0.4, -0.2) is 96.4 Å². The number of hydrogen-bond donors (Lipinski definition) is 2. The molecule has 3 aliphatic heterocycles. The Morgan fingerprint density at radius 1 is 1.14 bits per heavy atom. The molecule has 0 aromatic carbocycles. The summed E-state index contributed by atoms with van der Waals surface area (Å²) in [5.74, 6) is 0.577. The summed E-state index contributed by atoms with van der Waals surface area (Å²) in [6.45, 7) is 13.2. The zero-order chi connectivity index (χ0) is 25.0. The minimum absolute atomic E-state index is 0.234. The fourth-order valence-corrected chi connectivity index (χ4v) is 5.25. The van der Waals surface area contributed by atoms with Crippen molar-refractivity contribution in [3.63, 3.8) is 0 Å². The third kappa shape index (κ3) is 4.38. The maximum atomic E-state index is 13.8. The van der Waals surface area contributed by atoms with Crippen molar-refractivity contribution < 1.29 is 19.1 Å². The van der Waals surface area contributed by atoms with Gasteiger partial charge < -0.3 is 30.1 Å². The van der Waals surface area contributed by atoms with Crippen LogP contribution in [0, 0.1) is 0 Å². The van der Waals surface area contributed by atoms with Crippen LogP contribution in [-0.2, 0) is 19.1 Å². The number of nitrogens with zero attached hydrogens (tertiary/aromatic N) is 4. The molecule has 1 aromatic heterocycles. The highest BCUT2D eigenvalue weighted by Gasteiger charge is 2.67. The molecule has 0 aliphatic carbocycles. The molecule has 0 spiro atoms. The van der Waals surface area contributed by atoms with Crippen LogP contribution in [0.5, 0.6) is 0 Å². The number of aromatic nitrogens is 1. The molecule has 3 aliphatic rings. The second-order valence-corrected chi connectivity index (χ2v) is 8.83. The van der Waals surface area contributed by atoms with Crippen LogP contribution < -0.4 is 15.5 Å². The lowest BCUT2D eigenvalue weighted by molar-refractivity contribution is -0.157. The third-order valence-electron chi connectivity index (χ3n) is 6.84. The van der Waals surface area contributed by atoms with Crippen LogP contribution >= 0.6 is 0 Å². The first-order valence-corrected chi connectivity index (χ1v) is 12.2. The number of pyridine rings is 1. The van der Waals surface area contributed by atoms with Crippen LogP contribution in [0.25, 0.3) is 0 Å². The van der Waals surface area contributed by atoms with E-state index in [1.165, 1.54) is 4.90 Å². The van der Waals surface area contributed by atoms with Crippen LogP contribution in [0.15, 0.2) is 37.4 Å². The van der Waals surface area contributed by atoms with E-state index in [0.717, 1.165) is 17.3 Å². The van der Waals surface area contributed by atoms with Gasteiger partial charge in [0.1, 0.15) is 5.82 Å². The van der Waals surface area contributed by atoms with Crippen molar-refractivity contribution in [1.29, 1.82) is 0 Å². The van der Waals surface area contributed by atoms with Gasteiger partial charge >= 0.3 is 0 Å². The first kappa shape index (κ1) is 24.7. The molecule has 2 unspecified atom stereocenters. The molecule has 0 bridgehead atoms. The maximum Gasteiger partial charge on any atom is 0.259 e. The quantitative estimate of drug-likeness (QED) is 0.379. The molecule has 1 aromatic rings. The topological polar surface area (TPSA) is 107 Å². The summed E-state index contributed by atoms with van der Waals surface area (Å²) >= 11 is 0. The van der Waals surface area contributed by atoms with Gasteiger partial charge in [0, 0.05) is 52.4 Å². The Kier molecular flexibility index (Phi) is 7.39. The van der Waals surface area contributed by atoms with Crippen molar-refractivity contribution in [2.75, 3.05) is 68.0 Å². The molecule has 10 nitrogen and oxygen atoms in total. The molecule has 188 valence electrons. The Balaban J connectivity index is 1.53. The SMILES string of the molecule is C=CCNc1ccc(NCC=C)c(N2CCN(C(=O)C34C(=O)CC(=O)N3CCC4OCC)CC2)n1. The molecule has 2 amide bonds. The zero-order valence-corrected chi connectivity index (χ0v) is 20.3. The van der Waals surface area contributed by atoms with Gasteiger partial charge in [0.25, 0.3) is 5.91 Å². The Morgan fingerprint density at radius 3 is 2.54 bits per heavy atom. The van der Waals surface area contributed by atoms with E-state index >= 15 is 0 Å². The van der Waals surface area contributed by atoms with Crippen LogP contribution in [0.2, 0.25) is 0 Å². The van der Waals surface area contributed by atoms with Crippen molar-refractivity contribution in [1.82, 2.24) is 14.8 Å². The van der Waals surface area contributed by atoms with E-state index in [4.69, 9.17) is 9.72 Å². The lowest BCUT2D eigenvalue weighted by Crippen LogP contribution is -2.65. The molecule has 2 N–H and O–H groups in total. The molecule has 35 heavy (non-hydrogen) atoms. The van der Waals surface area contributed by atoms with Crippen LogP contribution in [0.1, 0.15) is 19.8 Å². The van der Waals surface area contributed by atoms with E-state index in [-0.39, 0.29) is 24.0 Å². The second kappa shape index (κ2) is 10.5. The maximum absolute atomic E-state index is 13.8. The van der Waals surface area contributed by atoms with Gasteiger partial charge in [-0.2, -0.15) is 0 Å². The highest BCUT2D eigenvalue weighted by atomic mass is 16.5. The monoisotopic (exact) mass is 482 g/mol. The number of piperazine rings is 1. The number of amides is 2. The minimum atomic E-state index is -1.52. The molecule has 10 heteroatoms. The molecule has 0 saturated carbocycles. The summed E-state index contributed by atoms with van der Waals surface area (Å²) in [6.07, 6.45) is 3.21. The summed E-state index contributed by atoms with van der Waals surface area (Å²) in [4.78, 5) is 49.5. The van der Waals surface area contributed by atoms with Gasteiger partial charge in [-0.15, -0.1) is 13.2 Å². The Morgan fingerprint density at radius 2 is 1.86 bits per heavy atom. The molecule has 4 heterocycles. The molecular weight excluding hydrogens is 448 g/mol. The summed E-state index contributed by atoms with van der Waals surface area (Å²) in [5, 5.41) is 6.54. The van der Waals surface area contributed by atoms with E-state index in [1.54, 1.807) is 17.1 Å². The van der Waals surface area contributed by atoms with Gasteiger partial charge in [0.05, 0.1) is 18.2 Å². The van der Waals surface area contributed by atoms with Crippen LogP contribution in [0.4, 0.5) is 17.3 Å². The van der Waals surface area contributed by atoms with Gasteiger partial charge in [-0.05, 0) is 25.5 Å². The lowest BCUT2D eigenvalue weighted by atomic mass is 9.87. The molecule has 2 atom stereocenters. The summed E-state index contributed by atoms with van der Waals surface area (Å²) < 4.78 is 5.83. The average molecular weight is 483 g/mol. The van der Waals surface area contributed by atoms with E-state index in [1.807, 2.05) is 19.1 Å². The van der Waals surface area contributed by atoms with Gasteiger partial charge in [-0.3, -0.25) is 14.4 Å². The van der Waals surface area contributed by atoms with E-state index in [2.05, 4.69) is 28.7 Å². The van der Waals surface area contributed by atoms with Crippen molar-refractivity contribution >= 4 is 34.9 Å². The predicted octanol–water partition coefficient (Wildman–Crippen LogP) is 1.28. The molecular formula is C25H34N6O4. The number of carbonyl (C=O) groups excluding carboxylic acids is 3. The fraction of sp³-hybridized carbons (Fsp3) is 0.520. The third-order valence-corrected chi connectivity index (χ3v) is 6.84. The molecule has 4 rings (SSSR count). The largest absolute Gasteiger partial charge is 0.379 e. The first-order chi connectivity index (χ1) is 17.0. The zero-order valence-electron chi connectivity index (χ0n) is 20.3. The first-order valence-electron chi connectivity index (χ1n) is 12.2. The highest BCUT2D eigenvalue weighted by molar-refractivity contribution is 6.23. The number of ether oxygens (including phenoxy) is 1. The summed E-state index contributed by atoms with van der Waals surface area (Å²) in [5.41, 5.74) is -0.638. The van der Waals surface area contributed by atoms with E-state index in [0.29, 0.717) is 58.8 Å². The normalized spacial score (nSPS) is 23.9. The van der Waals surface area contributed by atoms with E-state index in [9.17, 15) is 14.4 Å². The molecule has 3 fully saturated rings. The number of anilines is 3. The summed E-state index contributed by atoms with van der Waals surface area (Å²) in [6, 6.07) is 3.88. The van der Waals surface area contributed by atoms with Gasteiger partial charge in [-0.25, -0.2) is 4.98 Å². The number of hydrogen-bond acceptors (Lipinski definition) is 8. The average Bonchev–Trinajstić information content (AvgIpc) is 3.37. The van der Waals surface area contributed by atoms with Crippen molar-refractivity contribution in [2.45, 2.75) is 31.4 Å². The van der Waals surface area contributed by atoms with Crippen molar-refractivity contribution in [3.05, 3.63) is 37.4 Å². The number of nitrogens with one attached hydrogen (secondary N) is 2. The van der Waals surface area contributed by atoms with E-state index < -0.39 is 11.6 Å². The number of Topliss-reactive ketones (excluding diaryl/α,β-unsaturated/α-hetero) is 1. The number of fused-ring (bicyclic) bond motifs is 1. The van der Waals surface area contributed by atoms with Crippen molar-refractivity contribution in [3.8, 4) is 0 Å². The highest BCUT2D eigenvalue weighted by Crippen LogP contribution is 2.41.